The number of carbonyl (C=O) groups excluding carboxylic acids is 1. The minimum Gasteiger partial charge on any atom is -0.298 e. The van der Waals surface area contributed by atoms with E-state index < -0.39 is 10.8 Å². The first-order chi connectivity index (χ1) is 8.24. The zero-order valence-electron chi connectivity index (χ0n) is 9.72. The molecule has 1 heterocycles. The average Bonchev–Trinajstić information content (AvgIpc) is 2.71. The van der Waals surface area contributed by atoms with Crippen LogP contribution in [0.1, 0.15) is 31.2 Å². The number of hydrogen-bond acceptors (Lipinski definition) is 2. The molecule has 1 unspecified atom stereocenters. The normalized spacial score (nSPS) is 36.8. The molecule has 1 aromatic carbocycles. The van der Waals surface area contributed by atoms with Gasteiger partial charge in [-0.15, -0.1) is 0 Å². The van der Waals surface area contributed by atoms with E-state index in [2.05, 4.69) is 12.1 Å². The molecule has 3 atom stereocenters. The molecule has 1 aromatic rings. The lowest BCUT2D eigenvalue weighted by Crippen LogP contribution is -2.45. The first kappa shape index (κ1) is 11.1. The number of ketones is 1. The highest BCUT2D eigenvalue weighted by molar-refractivity contribution is 7.86. The minimum atomic E-state index is -0.959. The number of fused-ring (bicyclic) bond motifs is 1. The van der Waals surface area contributed by atoms with Crippen molar-refractivity contribution in [3.05, 3.63) is 35.9 Å². The first-order valence-electron chi connectivity index (χ1n) is 6.19. The van der Waals surface area contributed by atoms with Crippen molar-refractivity contribution in [3.8, 4) is 0 Å². The Balaban J connectivity index is 2.10. The zero-order valence-corrected chi connectivity index (χ0v) is 10.5. The summed E-state index contributed by atoms with van der Waals surface area (Å²) in [5.74, 6) is 0.904. The maximum atomic E-state index is 12.1. The number of rotatable bonds is 1. The fraction of sp³-hybridized carbons (Fsp3) is 0.500. The fourth-order valence-corrected chi connectivity index (χ4v) is 5.50. The summed E-state index contributed by atoms with van der Waals surface area (Å²) in [4.78, 5) is 12.1. The monoisotopic (exact) mass is 248 g/mol. The summed E-state index contributed by atoms with van der Waals surface area (Å²) >= 11 is 0. The smallest absolute Gasteiger partial charge is 0.149 e. The summed E-state index contributed by atoms with van der Waals surface area (Å²) in [6.45, 7) is 0. The maximum absolute atomic E-state index is 12.1. The molecule has 1 aliphatic heterocycles. The van der Waals surface area contributed by atoms with Crippen LogP contribution in [0.3, 0.4) is 0 Å². The van der Waals surface area contributed by atoms with Crippen LogP contribution in [-0.4, -0.2) is 21.0 Å². The van der Waals surface area contributed by atoms with Gasteiger partial charge in [-0.25, -0.2) is 0 Å². The predicted octanol–water partition coefficient (Wildman–Crippen LogP) is 2.20. The van der Waals surface area contributed by atoms with E-state index in [4.69, 9.17) is 0 Å². The molecule has 1 aliphatic carbocycles. The molecule has 2 fully saturated rings. The Bertz CT molecular complexity index is 468. The molecule has 0 radical (unpaired) electrons. The Morgan fingerprint density at radius 2 is 1.94 bits per heavy atom. The largest absolute Gasteiger partial charge is 0.298 e. The van der Waals surface area contributed by atoms with Gasteiger partial charge in [-0.2, -0.15) is 0 Å². The van der Waals surface area contributed by atoms with E-state index in [1.54, 1.807) is 0 Å². The average molecular weight is 248 g/mol. The topological polar surface area (TPSA) is 34.1 Å². The first-order valence-corrected chi connectivity index (χ1v) is 7.58. The van der Waals surface area contributed by atoms with E-state index in [-0.39, 0.29) is 16.4 Å². The Morgan fingerprint density at radius 1 is 1.18 bits per heavy atom. The zero-order chi connectivity index (χ0) is 11.9. The van der Waals surface area contributed by atoms with Gasteiger partial charge in [-0.1, -0.05) is 30.3 Å². The molecular formula is C14H16O2S. The second-order valence-corrected chi connectivity index (χ2v) is 6.70. The van der Waals surface area contributed by atoms with Crippen molar-refractivity contribution >= 4 is 16.6 Å². The van der Waals surface area contributed by atoms with Crippen LogP contribution in [0, 0.1) is 0 Å². The molecule has 0 N–H and O–H groups in total. The van der Waals surface area contributed by atoms with Crippen LogP contribution in [0.25, 0.3) is 0 Å². The van der Waals surface area contributed by atoms with Crippen molar-refractivity contribution < 1.29 is 9.00 Å². The highest BCUT2D eigenvalue weighted by Gasteiger charge is 2.53. The molecule has 2 aliphatic rings. The SMILES string of the molecule is O=C1CCC[C@@]2(c3ccccc3)CCS(=O)[C@@H]12. The fourth-order valence-electron chi connectivity index (χ4n) is 3.41. The lowest BCUT2D eigenvalue weighted by Gasteiger charge is -2.37. The van der Waals surface area contributed by atoms with Crippen molar-refractivity contribution in [2.75, 3.05) is 5.75 Å². The minimum absolute atomic E-state index is 0.124. The van der Waals surface area contributed by atoms with Gasteiger partial charge in [0.1, 0.15) is 11.0 Å². The highest BCUT2D eigenvalue weighted by atomic mass is 32.2. The van der Waals surface area contributed by atoms with Crippen molar-refractivity contribution in [1.29, 1.82) is 0 Å². The number of Topliss-reactive ketones (excluding diaryl/α,β-unsaturated/α-hetero) is 1. The van der Waals surface area contributed by atoms with Gasteiger partial charge in [0.05, 0.1) is 0 Å². The van der Waals surface area contributed by atoms with E-state index in [0.717, 1.165) is 19.3 Å². The van der Waals surface area contributed by atoms with Crippen LogP contribution in [0.4, 0.5) is 0 Å². The summed E-state index contributed by atoms with van der Waals surface area (Å²) in [7, 11) is -0.959. The molecule has 2 nitrogen and oxygen atoms in total. The van der Waals surface area contributed by atoms with E-state index in [1.807, 2.05) is 18.2 Å². The van der Waals surface area contributed by atoms with E-state index in [0.29, 0.717) is 12.2 Å². The molecular weight excluding hydrogens is 232 g/mol. The van der Waals surface area contributed by atoms with Gasteiger partial charge in [0, 0.05) is 28.4 Å². The van der Waals surface area contributed by atoms with Gasteiger partial charge < -0.3 is 0 Å². The van der Waals surface area contributed by atoms with Gasteiger partial charge in [-0.3, -0.25) is 9.00 Å². The Hall–Kier alpha value is -0.960. The summed E-state index contributed by atoms with van der Waals surface area (Å²) in [6, 6.07) is 10.2. The van der Waals surface area contributed by atoms with E-state index in [1.165, 1.54) is 5.56 Å². The summed E-state index contributed by atoms with van der Waals surface area (Å²) in [5.41, 5.74) is 1.09. The lowest BCUT2D eigenvalue weighted by atomic mass is 9.67. The third-order valence-corrected chi connectivity index (χ3v) is 6.05. The number of benzene rings is 1. The molecule has 1 saturated heterocycles. The van der Waals surface area contributed by atoms with Crippen molar-refractivity contribution in [3.63, 3.8) is 0 Å². The molecule has 3 heteroatoms. The second kappa shape index (κ2) is 4.05. The van der Waals surface area contributed by atoms with Crippen LogP contribution in [-0.2, 0) is 21.0 Å². The maximum Gasteiger partial charge on any atom is 0.149 e. The van der Waals surface area contributed by atoms with Crippen molar-refractivity contribution in [2.45, 2.75) is 36.3 Å². The van der Waals surface area contributed by atoms with Gasteiger partial charge >= 0.3 is 0 Å². The summed E-state index contributed by atoms with van der Waals surface area (Å²) in [6.07, 6.45) is 3.48. The van der Waals surface area contributed by atoms with Crippen LogP contribution < -0.4 is 0 Å². The Morgan fingerprint density at radius 3 is 2.71 bits per heavy atom. The van der Waals surface area contributed by atoms with Crippen LogP contribution in [0.2, 0.25) is 0 Å². The molecule has 1 saturated carbocycles. The summed E-state index contributed by atoms with van der Waals surface area (Å²) in [5, 5.41) is -0.237. The van der Waals surface area contributed by atoms with Gasteiger partial charge in [-0.05, 0) is 24.8 Å². The standard InChI is InChI=1S/C14H16O2S/c15-12-7-4-8-14(9-10-17(16)13(12)14)11-5-2-1-3-6-11/h1-3,5-6,13H,4,7-10H2/t13-,14-,17?/m0/s1. The quantitative estimate of drug-likeness (QED) is 0.763. The van der Waals surface area contributed by atoms with Crippen molar-refractivity contribution in [1.82, 2.24) is 0 Å². The van der Waals surface area contributed by atoms with E-state index in [9.17, 15) is 9.00 Å². The van der Waals surface area contributed by atoms with E-state index >= 15 is 0 Å². The second-order valence-electron chi connectivity index (χ2n) is 5.06. The molecule has 0 aromatic heterocycles. The Labute approximate surface area is 104 Å². The van der Waals surface area contributed by atoms with Gasteiger partial charge in [0.2, 0.25) is 0 Å². The molecule has 17 heavy (non-hydrogen) atoms. The van der Waals surface area contributed by atoms with Crippen LogP contribution in [0.5, 0.6) is 0 Å². The number of carbonyl (C=O) groups is 1. The lowest BCUT2D eigenvalue weighted by molar-refractivity contribution is -0.121. The molecule has 0 amide bonds. The molecule has 0 bridgehead atoms. The van der Waals surface area contributed by atoms with Crippen LogP contribution in [0.15, 0.2) is 30.3 Å². The number of hydrogen-bond donors (Lipinski definition) is 0. The van der Waals surface area contributed by atoms with Gasteiger partial charge in [0.25, 0.3) is 0 Å². The van der Waals surface area contributed by atoms with Gasteiger partial charge in [0.15, 0.2) is 0 Å². The molecule has 0 spiro atoms. The third kappa shape index (κ3) is 1.60. The molecule has 90 valence electrons. The van der Waals surface area contributed by atoms with Crippen molar-refractivity contribution in [2.24, 2.45) is 0 Å². The highest BCUT2D eigenvalue weighted by Crippen LogP contribution is 2.47. The third-order valence-electron chi connectivity index (χ3n) is 4.20. The summed E-state index contributed by atoms with van der Waals surface area (Å²) < 4.78 is 12.1. The molecule has 3 rings (SSSR count). The predicted molar refractivity (Wildman–Crippen MR) is 68.4 cm³/mol. The van der Waals surface area contributed by atoms with Crippen LogP contribution >= 0.6 is 0 Å². The Kier molecular flexibility index (Phi) is 2.66.